The summed E-state index contributed by atoms with van der Waals surface area (Å²) in [6.45, 7) is 9.48. The minimum absolute atomic E-state index is 0. The first kappa shape index (κ1) is 18.4. The number of hydrogen-bond acceptors (Lipinski definition) is 3. The molecule has 1 aliphatic rings. The van der Waals surface area contributed by atoms with E-state index in [1.54, 1.807) is 6.92 Å². The van der Waals surface area contributed by atoms with E-state index in [2.05, 4.69) is 16.9 Å². The van der Waals surface area contributed by atoms with Crippen molar-refractivity contribution >= 4 is 17.8 Å². The summed E-state index contributed by atoms with van der Waals surface area (Å²) in [5, 5.41) is 13.2. The van der Waals surface area contributed by atoms with Crippen LogP contribution in [0, 0.1) is 11.3 Å². The Balaban J connectivity index is 0.00000324. The van der Waals surface area contributed by atoms with Gasteiger partial charge in [-0.15, -0.1) is 6.58 Å². The summed E-state index contributed by atoms with van der Waals surface area (Å²) >= 11 is 0. The van der Waals surface area contributed by atoms with Gasteiger partial charge >= 0.3 is 29.6 Å². The number of carbonyl (C=O) groups is 2. The maximum Gasteiger partial charge on any atom is 1.00 e. The minimum atomic E-state index is -1.25. The van der Waals surface area contributed by atoms with Gasteiger partial charge in [0.25, 0.3) is 5.91 Å². The second-order valence-electron chi connectivity index (χ2n) is 5.11. The van der Waals surface area contributed by atoms with Crippen LogP contribution in [0.1, 0.15) is 40.0 Å². The Labute approximate surface area is 135 Å². The fourth-order valence-corrected chi connectivity index (χ4v) is 2.20. The number of nitrogens with zero attached hydrogens (tertiary/aromatic N) is 1. The summed E-state index contributed by atoms with van der Waals surface area (Å²) in [4.78, 5) is 27.5. The second kappa shape index (κ2) is 7.22. The van der Waals surface area contributed by atoms with E-state index in [9.17, 15) is 14.7 Å². The van der Waals surface area contributed by atoms with Gasteiger partial charge in [-0.05, 0) is 25.7 Å². The van der Waals surface area contributed by atoms with Gasteiger partial charge in [0.05, 0.1) is 6.02 Å². The first-order valence-electron chi connectivity index (χ1n) is 6.07. The molecule has 1 N–H and O–H groups in total. The van der Waals surface area contributed by atoms with Gasteiger partial charge in [0.15, 0.2) is 0 Å². The van der Waals surface area contributed by atoms with Crippen molar-refractivity contribution in [1.82, 2.24) is 5.32 Å². The molecule has 0 radical (unpaired) electrons. The SMILES string of the molecule is C=C(C)CC1(CC(C)CC)C(=O)N=C([O-])NC1=O.[Na+]. The van der Waals surface area contributed by atoms with Crippen LogP contribution in [0.15, 0.2) is 17.1 Å². The zero-order valence-corrected chi connectivity index (χ0v) is 14.1. The quantitative estimate of drug-likeness (QED) is 0.349. The van der Waals surface area contributed by atoms with Crippen LogP contribution in [0.5, 0.6) is 0 Å². The maximum atomic E-state index is 12.1. The summed E-state index contributed by atoms with van der Waals surface area (Å²) in [6.07, 6.45) is 1.48. The van der Waals surface area contributed by atoms with Crippen molar-refractivity contribution in [2.75, 3.05) is 0 Å². The van der Waals surface area contributed by atoms with Crippen molar-refractivity contribution in [2.24, 2.45) is 16.3 Å². The normalized spacial score (nSPS) is 24.1. The average molecular weight is 274 g/mol. The van der Waals surface area contributed by atoms with Crippen molar-refractivity contribution in [2.45, 2.75) is 40.0 Å². The molecule has 0 aliphatic carbocycles. The average Bonchev–Trinajstić information content (AvgIpc) is 2.24. The topological polar surface area (TPSA) is 81.6 Å². The molecule has 1 rings (SSSR count). The number of aliphatic imine (C=N–C) groups is 1. The Bertz CT molecular complexity index is 420. The van der Waals surface area contributed by atoms with Gasteiger partial charge in [0, 0.05) is 0 Å². The Hall–Kier alpha value is -0.650. The number of carbonyl (C=O) groups excluding carboxylic acids is 2. The summed E-state index contributed by atoms with van der Waals surface area (Å²) in [5.74, 6) is -0.988. The standard InChI is InChI=1S/C13H20N2O3.Na/c1-5-9(4)7-13(6-8(2)3)10(16)14-12(18)15-11(13)17;/h9H,2,5-7H2,1,3-4H3,(H2,14,15,16,17,18);/q;+1/p-1. The first-order chi connectivity index (χ1) is 8.31. The Morgan fingerprint density at radius 1 is 1.53 bits per heavy atom. The number of nitrogens with one attached hydrogen (secondary N) is 1. The zero-order chi connectivity index (χ0) is 13.9. The van der Waals surface area contributed by atoms with Crippen LogP contribution in [0.25, 0.3) is 0 Å². The van der Waals surface area contributed by atoms with E-state index in [-0.39, 0.29) is 41.9 Å². The van der Waals surface area contributed by atoms with Gasteiger partial charge in [0.2, 0.25) is 5.91 Å². The van der Waals surface area contributed by atoms with E-state index in [4.69, 9.17) is 0 Å². The molecule has 2 atom stereocenters. The summed E-state index contributed by atoms with van der Waals surface area (Å²) < 4.78 is 0. The van der Waals surface area contributed by atoms with Crippen LogP contribution in [0.4, 0.5) is 0 Å². The molecule has 0 aromatic rings. The fourth-order valence-electron chi connectivity index (χ4n) is 2.20. The summed E-state index contributed by atoms with van der Waals surface area (Å²) in [7, 11) is 0. The predicted octanol–water partition coefficient (Wildman–Crippen LogP) is -2.25. The van der Waals surface area contributed by atoms with Crippen LogP contribution in [0.3, 0.4) is 0 Å². The third kappa shape index (κ3) is 4.16. The molecule has 0 saturated heterocycles. The minimum Gasteiger partial charge on any atom is -0.846 e. The number of rotatable bonds is 5. The third-order valence-corrected chi connectivity index (χ3v) is 3.26. The van der Waals surface area contributed by atoms with Crippen molar-refractivity contribution in [3.63, 3.8) is 0 Å². The van der Waals surface area contributed by atoms with E-state index in [0.717, 1.165) is 12.0 Å². The van der Waals surface area contributed by atoms with Crippen LogP contribution < -0.4 is 40.0 Å². The molecule has 0 aromatic heterocycles. The Kier molecular flexibility index (Phi) is 6.97. The molecule has 1 heterocycles. The van der Waals surface area contributed by atoms with E-state index in [1.807, 2.05) is 13.8 Å². The van der Waals surface area contributed by atoms with Crippen LogP contribution in [-0.2, 0) is 9.59 Å². The molecule has 2 amide bonds. The third-order valence-electron chi connectivity index (χ3n) is 3.26. The molecule has 0 spiro atoms. The number of hydrogen-bond donors (Lipinski definition) is 1. The number of amidine groups is 1. The number of amides is 2. The van der Waals surface area contributed by atoms with E-state index < -0.39 is 23.3 Å². The molecule has 0 fully saturated rings. The smallest absolute Gasteiger partial charge is 0.846 e. The van der Waals surface area contributed by atoms with Gasteiger partial charge in [-0.2, -0.15) is 0 Å². The maximum absolute atomic E-state index is 12.1. The van der Waals surface area contributed by atoms with E-state index in [0.29, 0.717) is 6.42 Å². The molecular formula is C13H19N2NaO3. The van der Waals surface area contributed by atoms with Gasteiger partial charge < -0.3 is 10.4 Å². The van der Waals surface area contributed by atoms with Gasteiger partial charge in [-0.3, -0.25) is 9.59 Å². The first-order valence-corrected chi connectivity index (χ1v) is 6.07. The van der Waals surface area contributed by atoms with Crippen molar-refractivity contribution in [3.05, 3.63) is 12.2 Å². The van der Waals surface area contributed by atoms with Gasteiger partial charge in [0.1, 0.15) is 5.41 Å². The molecule has 0 bridgehead atoms. The molecule has 100 valence electrons. The fraction of sp³-hybridized carbons (Fsp3) is 0.615. The van der Waals surface area contributed by atoms with Crippen molar-refractivity contribution in [3.8, 4) is 0 Å². The Morgan fingerprint density at radius 2 is 2.11 bits per heavy atom. The Morgan fingerprint density at radius 3 is 2.53 bits per heavy atom. The van der Waals surface area contributed by atoms with Crippen LogP contribution in [0.2, 0.25) is 0 Å². The van der Waals surface area contributed by atoms with Crippen molar-refractivity contribution in [1.29, 1.82) is 0 Å². The van der Waals surface area contributed by atoms with Crippen LogP contribution in [-0.4, -0.2) is 17.8 Å². The molecule has 2 unspecified atom stereocenters. The molecule has 6 heteroatoms. The van der Waals surface area contributed by atoms with Gasteiger partial charge in [-0.1, -0.05) is 25.8 Å². The molecule has 1 aliphatic heterocycles. The monoisotopic (exact) mass is 274 g/mol. The molecular weight excluding hydrogens is 255 g/mol. The molecule has 0 saturated carbocycles. The molecule has 0 aromatic carbocycles. The molecule has 19 heavy (non-hydrogen) atoms. The predicted molar refractivity (Wildman–Crippen MR) is 66.5 cm³/mol. The summed E-state index contributed by atoms with van der Waals surface area (Å²) in [5.41, 5.74) is -0.527. The van der Waals surface area contributed by atoms with E-state index >= 15 is 0 Å². The van der Waals surface area contributed by atoms with Crippen molar-refractivity contribution < 1.29 is 44.3 Å². The zero-order valence-electron chi connectivity index (χ0n) is 12.1. The number of allylic oxidation sites excluding steroid dienone is 1. The van der Waals surface area contributed by atoms with Gasteiger partial charge in [-0.25, -0.2) is 4.99 Å². The van der Waals surface area contributed by atoms with Crippen LogP contribution >= 0.6 is 0 Å². The largest absolute Gasteiger partial charge is 1.00 e. The van der Waals surface area contributed by atoms with E-state index in [1.165, 1.54) is 0 Å². The molecule has 5 nitrogen and oxygen atoms in total. The second-order valence-corrected chi connectivity index (χ2v) is 5.11. The summed E-state index contributed by atoms with van der Waals surface area (Å²) in [6, 6.07) is -0.869.